The maximum absolute atomic E-state index is 13.8. The summed E-state index contributed by atoms with van der Waals surface area (Å²) < 4.78 is 15.5. The Balaban J connectivity index is 1.38. The Morgan fingerprint density at radius 1 is 0.968 bits per heavy atom. The Hall–Kier alpha value is -3.59. The molecule has 5 heterocycles. The van der Waals surface area contributed by atoms with Crippen molar-refractivity contribution < 1.29 is 4.39 Å². The van der Waals surface area contributed by atoms with Crippen LogP contribution < -0.4 is 10.2 Å². The molecule has 0 atom stereocenters. The van der Waals surface area contributed by atoms with Crippen LogP contribution in [-0.2, 0) is 0 Å². The van der Waals surface area contributed by atoms with Gasteiger partial charge in [0.05, 0.1) is 29.0 Å². The first-order chi connectivity index (χ1) is 15.1. The van der Waals surface area contributed by atoms with Gasteiger partial charge in [0.15, 0.2) is 0 Å². The first-order valence-electron chi connectivity index (χ1n) is 10.2. The molecule has 0 amide bonds. The SMILES string of the molecule is Cc1nc2ccc(F)cn2c1-c1ccnc(Nc2ccc(N3CCN(C)CC3)nc2)n1. The van der Waals surface area contributed by atoms with E-state index in [9.17, 15) is 4.39 Å². The summed E-state index contributed by atoms with van der Waals surface area (Å²) in [6.07, 6.45) is 4.88. The molecule has 1 aliphatic heterocycles. The van der Waals surface area contributed by atoms with Gasteiger partial charge in [0.25, 0.3) is 0 Å². The Morgan fingerprint density at radius 2 is 1.81 bits per heavy atom. The van der Waals surface area contributed by atoms with E-state index in [1.807, 2.05) is 19.1 Å². The van der Waals surface area contributed by atoms with Crippen LogP contribution in [0.2, 0.25) is 0 Å². The van der Waals surface area contributed by atoms with Crippen molar-refractivity contribution >= 4 is 23.1 Å². The second-order valence-corrected chi connectivity index (χ2v) is 7.71. The highest BCUT2D eigenvalue weighted by molar-refractivity contribution is 5.65. The minimum atomic E-state index is -0.329. The topological polar surface area (TPSA) is 74.5 Å². The van der Waals surface area contributed by atoms with Gasteiger partial charge in [-0.15, -0.1) is 0 Å². The van der Waals surface area contributed by atoms with Crippen LogP contribution in [0.25, 0.3) is 17.0 Å². The number of nitrogens with zero attached hydrogens (tertiary/aromatic N) is 7. The van der Waals surface area contributed by atoms with E-state index in [2.05, 4.69) is 42.1 Å². The van der Waals surface area contributed by atoms with Crippen LogP contribution in [0.15, 0.2) is 48.9 Å². The molecule has 5 rings (SSSR count). The molecule has 1 saturated heterocycles. The van der Waals surface area contributed by atoms with Crippen molar-refractivity contribution in [2.24, 2.45) is 0 Å². The molecule has 0 spiro atoms. The zero-order chi connectivity index (χ0) is 21.4. The van der Waals surface area contributed by atoms with Gasteiger partial charge < -0.3 is 15.1 Å². The van der Waals surface area contributed by atoms with Crippen LogP contribution in [-0.4, -0.2) is 62.5 Å². The fourth-order valence-corrected chi connectivity index (χ4v) is 3.81. The van der Waals surface area contributed by atoms with Crippen LogP contribution in [0.1, 0.15) is 5.69 Å². The number of aromatic nitrogens is 5. The van der Waals surface area contributed by atoms with Crippen molar-refractivity contribution in [2.45, 2.75) is 6.92 Å². The number of likely N-dealkylation sites (N-methyl/N-ethyl adjacent to an activating group) is 1. The van der Waals surface area contributed by atoms with E-state index in [-0.39, 0.29) is 5.82 Å². The molecule has 0 bridgehead atoms. The number of hydrogen-bond acceptors (Lipinski definition) is 7. The van der Waals surface area contributed by atoms with Crippen molar-refractivity contribution in [3.8, 4) is 11.4 Å². The molecule has 0 unspecified atom stereocenters. The molecule has 31 heavy (non-hydrogen) atoms. The monoisotopic (exact) mass is 418 g/mol. The molecule has 0 aliphatic carbocycles. The van der Waals surface area contributed by atoms with Crippen molar-refractivity contribution in [2.75, 3.05) is 43.4 Å². The summed E-state index contributed by atoms with van der Waals surface area (Å²) in [5.74, 6) is 1.08. The third kappa shape index (κ3) is 3.91. The van der Waals surface area contributed by atoms with Gasteiger partial charge in [0.2, 0.25) is 5.95 Å². The third-order valence-electron chi connectivity index (χ3n) is 5.49. The predicted molar refractivity (Wildman–Crippen MR) is 118 cm³/mol. The number of halogens is 1. The molecule has 0 radical (unpaired) electrons. The van der Waals surface area contributed by atoms with Crippen LogP contribution in [0.3, 0.4) is 0 Å². The molecule has 0 aromatic carbocycles. The molecule has 0 saturated carbocycles. The number of anilines is 3. The van der Waals surface area contributed by atoms with E-state index in [0.717, 1.165) is 49.1 Å². The van der Waals surface area contributed by atoms with Gasteiger partial charge in [-0.05, 0) is 44.3 Å². The molecular weight excluding hydrogens is 395 g/mol. The molecule has 1 fully saturated rings. The highest BCUT2D eigenvalue weighted by atomic mass is 19.1. The second kappa shape index (κ2) is 7.92. The van der Waals surface area contributed by atoms with Crippen molar-refractivity contribution in [1.29, 1.82) is 0 Å². The Morgan fingerprint density at radius 3 is 2.58 bits per heavy atom. The summed E-state index contributed by atoms with van der Waals surface area (Å²) in [5, 5.41) is 3.21. The minimum absolute atomic E-state index is 0.329. The highest BCUT2D eigenvalue weighted by Crippen LogP contribution is 2.25. The first-order valence-corrected chi connectivity index (χ1v) is 10.2. The van der Waals surface area contributed by atoms with E-state index < -0.39 is 0 Å². The Labute approximate surface area is 179 Å². The summed E-state index contributed by atoms with van der Waals surface area (Å²) in [6.45, 7) is 5.90. The number of pyridine rings is 2. The number of fused-ring (bicyclic) bond motifs is 1. The average Bonchev–Trinajstić information content (AvgIpc) is 3.10. The lowest BCUT2D eigenvalue weighted by atomic mass is 10.2. The smallest absolute Gasteiger partial charge is 0.227 e. The lowest BCUT2D eigenvalue weighted by Crippen LogP contribution is -2.44. The Kier molecular flexibility index (Phi) is 4.95. The van der Waals surface area contributed by atoms with Crippen LogP contribution >= 0.6 is 0 Å². The summed E-state index contributed by atoms with van der Waals surface area (Å²) >= 11 is 0. The molecular formula is C22H23FN8. The predicted octanol–water partition coefficient (Wildman–Crippen LogP) is 3.13. The van der Waals surface area contributed by atoms with E-state index in [1.165, 1.54) is 12.3 Å². The number of piperazine rings is 1. The van der Waals surface area contributed by atoms with Crippen molar-refractivity contribution in [3.05, 3.63) is 60.4 Å². The number of nitrogens with one attached hydrogen (secondary N) is 1. The largest absolute Gasteiger partial charge is 0.354 e. The molecule has 9 heteroatoms. The molecule has 1 aliphatic rings. The number of rotatable bonds is 4. The number of imidazole rings is 1. The summed E-state index contributed by atoms with van der Waals surface area (Å²) in [4.78, 5) is 22.6. The third-order valence-corrected chi connectivity index (χ3v) is 5.49. The van der Waals surface area contributed by atoms with Gasteiger partial charge in [-0.1, -0.05) is 0 Å². The van der Waals surface area contributed by atoms with E-state index in [1.54, 1.807) is 28.9 Å². The van der Waals surface area contributed by atoms with Gasteiger partial charge in [-0.25, -0.2) is 24.3 Å². The molecule has 158 valence electrons. The zero-order valence-electron chi connectivity index (χ0n) is 17.5. The van der Waals surface area contributed by atoms with Crippen LogP contribution in [0.5, 0.6) is 0 Å². The number of aryl methyl sites for hydroxylation is 1. The zero-order valence-corrected chi connectivity index (χ0v) is 17.5. The quantitative estimate of drug-likeness (QED) is 0.546. The van der Waals surface area contributed by atoms with Crippen molar-refractivity contribution in [3.63, 3.8) is 0 Å². The van der Waals surface area contributed by atoms with Gasteiger partial charge in [-0.2, -0.15) is 0 Å². The second-order valence-electron chi connectivity index (χ2n) is 7.71. The molecule has 1 N–H and O–H groups in total. The summed E-state index contributed by atoms with van der Waals surface area (Å²) in [7, 11) is 2.14. The van der Waals surface area contributed by atoms with Crippen molar-refractivity contribution in [1.82, 2.24) is 29.2 Å². The van der Waals surface area contributed by atoms with Crippen LogP contribution in [0.4, 0.5) is 21.8 Å². The molecule has 8 nitrogen and oxygen atoms in total. The number of hydrogen-bond donors (Lipinski definition) is 1. The van der Waals surface area contributed by atoms with Gasteiger partial charge in [0, 0.05) is 38.6 Å². The fourth-order valence-electron chi connectivity index (χ4n) is 3.81. The fraction of sp³-hybridized carbons (Fsp3) is 0.273. The molecule has 4 aromatic rings. The van der Waals surface area contributed by atoms with E-state index in [0.29, 0.717) is 17.3 Å². The maximum Gasteiger partial charge on any atom is 0.227 e. The normalized spacial score (nSPS) is 14.9. The maximum atomic E-state index is 13.8. The lowest BCUT2D eigenvalue weighted by Gasteiger charge is -2.33. The minimum Gasteiger partial charge on any atom is -0.354 e. The average molecular weight is 418 g/mol. The first kappa shape index (κ1) is 19.4. The van der Waals surface area contributed by atoms with Gasteiger partial charge in [0.1, 0.15) is 17.3 Å². The van der Waals surface area contributed by atoms with E-state index >= 15 is 0 Å². The van der Waals surface area contributed by atoms with Gasteiger partial charge >= 0.3 is 0 Å². The lowest BCUT2D eigenvalue weighted by molar-refractivity contribution is 0.312. The van der Waals surface area contributed by atoms with Gasteiger partial charge in [-0.3, -0.25) is 4.40 Å². The Bertz CT molecular complexity index is 1210. The van der Waals surface area contributed by atoms with E-state index in [4.69, 9.17) is 0 Å². The summed E-state index contributed by atoms with van der Waals surface area (Å²) in [5.41, 5.74) is 3.65. The molecule has 4 aromatic heterocycles. The van der Waals surface area contributed by atoms with Crippen LogP contribution in [0, 0.1) is 12.7 Å². The standard InChI is InChI=1S/C22H23FN8/c1-15-21(31-14-16(23)3-5-20(31)26-15)18-7-8-24-22(28-18)27-17-4-6-19(25-13-17)30-11-9-29(2)10-12-30/h3-8,13-14H,9-12H2,1-2H3,(H,24,27,28). The summed E-state index contributed by atoms with van der Waals surface area (Å²) in [6, 6.07) is 8.83. The highest BCUT2D eigenvalue weighted by Gasteiger charge is 2.16.